The minimum atomic E-state index is -0.208. The molecule has 1 saturated heterocycles. The van der Waals surface area contributed by atoms with Gasteiger partial charge in [0.1, 0.15) is 5.56 Å². The molecule has 1 aromatic carbocycles. The van der Waals surface area contributed by atoms with Gasteiger partial charge in [0.2, 0.25) is 0 Å². The first-order valence-corrected chi connectivity index (χ1v) is 8.67. The summed E-state index contributed by atoms with van der Waals surface area (Å²) in [4.78, 5) is 17.6. The van der Waals surface area contributed by atoms with Gasteiger partial charge >= 0.3 is 0 Å². The van der Waals surface area contributed by atoms with E-state index in [0.717, 1.165) is 35.2 Å². The summed E-state index contributed by atoms with van der Waals surface area (Å²) < 4.78 is 0. The molecule has 2 heterocycles. The number of aromatic nitrogens is 1. The Bertz CT molecular complexity index is 877. The van der Waals surface area contributed by atoms with Crippen LogP contribution in [0.5, 0.6) is 0 Å². The number of anilines is 1. The van der Waals surface area contributed by atoms with Gasteiger partial charge in [-0.15, -0.1) is 6.42 Å². The lowest BCUT2D eigenvalue weighted by Crippen LogP contribution is -2.44. The van der Waals surface area contributed by atoms with E-state index in [1.54, 1.807) is 0 Å². The number of aliphatic hydroxyl groups is 1. The van der Waals surface area contributed by atoms with E-state index in [1.165, 1.54) is 32.1 Å². The molecule has 0 amide bonds. The second-order valence-corrected chi connectivity index (χ2v) is 7.20. The average Bonchev–Trinajstić information content (AvgIpc) is 2.59. The Morgan fingerprint density at radius 2 is 2.00 bits per heavy atom. The lowest BCUT2D eigenvalue weighted by atomic mass is 9.63. The van der Waals surface area contributed by atoms with Gasteiger partial charge in [-0.1, -0.05) is 18.4 Å². The quantitative estimate of drug-likeness (QED) is 0.836. The summed E-state index contributed by atoms with van der Waals surface area (Å²) in [6.07, 6.45) is 12.0. The number of fused-ring (bicyclic) bond motifs is 1. The molecule has 124 valence electrons. The number of benzene rings is 1. The lowest BCUT2D eigenvalue weighted by Gasteiger charge is -2.48. The van der Waals surface area contributed by atoms with Crippen LogP contribution in [-0.4, -0.2) is 23.2 Å². The van der Waals surface area contributed by atoms with Gasteiger partial charge in [-0.25, -0.2) is 0 Å². The summed E-state index contributed by atoms with van der Waals surface area (Å²) in [6, 6.07) is 5.62. The van der Waals surface area contributed by atoms with Crippen molar-refractivity contribution in [2.75, 3.05) is 18.0 Å². The monoisotopic (exact) mass is 322 g/mol. The molecule has 1 aliphatic heterocycles. The standard InChI is InChI=1S/C20H22N2O2/c1-2-15-18(22-10-8-20(9-11-22)6-3-7-20)16-12-14(13-23)4-5-17(16)21-19(15)24/h1,4-5,12,23H,3,6-11,13H2,(H,21,24). The number of H-pyrrole nitrogens is 1. The van der Waals surface area contributed by atoms with Crippen molar-refractivity contribution < 1.29 is 5.11 Å². The maximum absolute atomic E-state index is 12.4. The Labute approximate surface area is 141 Å². The summed E-state index contributed by atoms with van der Waals surface area (Å²) in [6.45, 7) is 1.86. The fourth-order valence-electron chi connectivity index (χ4n) is 4.27. The molecule has 1 saturated carbocycles. The maximum atomic E-state index is 12.4. The van der Waals surface area contributed by atoms with Gasteiger partial charge in [0, 0.05) is 18.5 Å². The molecule has 0 atom stereocenters. The highest BCUT2D eigenvalue weighted by Gasteiger charge is 2.40. The van der Waals surface area contributed by atoms with Gasteiger partial charge < -0.3 is 15.0 Å². The number of aliphatic hydroxyl groups excluding tert-OH is 1. The lowest BCUT2D eigenvalue weighted by molar-refractivity contribution is 0.0956. The molecule has 2 fully saturated rings. The molecule has 24 heavy (non-hydrogen) atoms. The molecule has 1 aliphatic carbocycles. The smallest absolute Gasteiger partial charge is 0.266 e. The van der Waals surface area contributed by atoms with Crippen LogP contribution in [0.3, 0.4) is 0 Å². The molecule has 0 bridgehead atoms. The molecule has 1 spiro atoms. The summed E-state index contributed by atoms with van der Waals surface area (Å²) in [5.74, 6) is 2.59. The van der Waals surface area contributed by atoms with Gasteiger partial charge in [-0.3, -0.25) is 4.79 Å². The minimum absolute atomic E-state index is 0.0248. The Hall–Kier alpha value is -2.25. The first-order valence-electron chi connectivity index (χ1n) is 8.67. The van der Waals surface area contributed by atoms with Crippen LogP contribution in [0.4, 0.5) is 5.69 Å². The number of piperidine rings is 1. The Balaban J connectivity index is 1.83. The fourth-order valence-corrected chi connectivity index (χ4v) is 4.27. The zero-order valence-electron chi connectivity index (χ0n) is 13.8. The van der Waals surface area contributed by atoms with Gasteiger partial charge in [0.25, 0.3) is 5.56 Å². The van der Waals surface area contributed by atoms with Crippen molar-refractivity contribution in [1.29, 1.82) is 0 Å². The van der Waals surface area contributed by atoms with E-state index in [4.69, 9.17) is 6.42 Å². The van der Waals surface area contributed by atoms with Crippen LogP contribution in [0.1, 0.15) is 43.2 Å². The predicted molar refractivity (Wildman–Crippen MR) is 96.2 cm³/mol. The first kappa shape index (κ1) is 15.3. The maximum Gasteiger partial charge on any atom is 0.266 e. The van der Waals surface area contributed by atoms with Crippen LogP contribution in [-0.2, 0) is 6.61 Å². The van der Waals surface area contributed by atoms with Crippen LogP contribution < -0.4 is 10.5 Å². The van der Waals surface area contributed by atoms with Gasteiger partial charge in [0.05, 0.1) is 17.8 Å². The largest absolute Gasteiger partial charge is 0.392 e. The minimum Gasteiger partial charge on any atom is -0.392 e. The van der Waals surface area contributed by atoms with Crippen molar-refractivity contribution in [3.8, 4) is 12.3 Å². The molecule has 2 aliphatic rings. The molecule has 4 nitrogen and oxygen atoms in total. The zero-order valence-corrected chi connectivity index (χ0v) is 13.8. The fraction of sp³-hybridized carbons (Fsp3) is 0.450. The van der Waals surface area contributed by atoms with Crippen molar-refractivity contribution in [3.05, 3.63) is 39.7 Å². The Kier molecular flexibility index (Phi) is 3.62. The average molecular weight is 322 g/mol. The van der Waals surface area contributed by atoms with Crippen LogP contribution >= 0.6 is 0 Å². The molecular formula is C20H22N2O2. The van der Waals surface area contributed by atoms with Gasteiger partial charge in [-0.05, 0) is 48.8 Å². The van der Waals surface area contributed by atoms with Crippen molar-refractivity contribution >= 4 is 16.6 Å². The van der Waals surface area contributed by atoms with Gasteiger partial charge in [0.15, 0.2) is 0 Å². The molecule has 4 rings (SSSR count). The number of terminal acetylenes is 1. The number of pyridine rings is 1. The number of nitrogens with zero attached hydrogens (tertiary/aromatic N) is 1. The van der Waals surface area contributed by atoms with E-state index in [1.807, 2.05) is 18.2 Å². The molecule has 1 aromatic heterocycles. The van der Waals surface area contributed by atoms with Crippen molar-refractivity contribution in [2.45, 2.75) is 38.7 Å². The summed E-state index contributed by atoms with van der Waals surface area (Å²) in [7, 11) is 0. The third-order valence-corrected chi connectivity index (χ3v) is 5.93. The molecular weight excluding hydrogens is 300 g/mol. The predicted octanol–water partition coefficient (Wildman–Crippen LogP) is 2.77. The number of aromatic amines is 1. The van der Waals surface area contributed by atoms with Crippen molar-refractivity contribution in [2.24, 2.45) is 5.41 Å². The highest BCUT2D eigenvalue weighted by atomic mass is 16.3. The molecule has 2 aromatic rings. The van der Waals surface area contributed by atoms with Crippen LogP contribution in [0.15, 0.2) is 23.0 Å². The number of hydrogen-bond acceptors (Lipinski definition) is 3. The molecule has 0 radical (unpaired) electrons. The van der Waals surface area contributed by atoms with E-state index >= 15 is 0 Å². The van der Waals surface area contributed by atoms with Crippen molar-refractivity contribution in [3.63, 3.8) is 0 Å². The molecule has 2 N–H and O–H groups in total. The second kappa shape index (κ2) is 5.68. The van der Waals surface area contributed by atoms with Gasteiger partial charge in [-0.2, -0.15) is 0 Å². The molecule has 4 heteroatoms. The summed E-state index contributed by atoms with van der Waals surface area (Å²) in [5.41, 5.74) is 3.20. The van der Waals surface area contributed by atoms with E-state index in [9.17, 15) is 9.90 Å². The molecule has 0 unspecified atom stereocenters. The van der Waals surface area contributed by atoms with Crippen LogP contribution in [0, 0.1) is 17.8 Å². The van der Waals surface area contributed by atoms with E-state index in [-0.39, 0.29) is 12.2 Å². The zero-order chi connectivity index (χ0) is 16.7. The number of hydrogen-bond donors (Lipinski definition) is 2. The van der Waals surface area contributed by atoms with Crippen molar-refractivity contribution in [1.82, 2.24) is 4.98 Å². The van der Waals surface area contributed by atoms with E-state index in [2.05, 4.69) is 15.8 Å². The Morgan fingerprint density at radius 1 is 1.25 bits per heavy atom. The topological polar surface area (TPSA) is 56.3 Å². The third kappa shape index (κ3) is 2.32. The summed E-state index contributed by atoms with van der Waals surface area (Å²) in [5, 5.41) is 10.4. The normalized spacial score (nSPS) is 19.2. The Morgan fingerprint density at radius 3 is 2.58 bits per heavy atom. The second-order valence-electron chi connectivity index (χ2n) is 7.20. The highest BCUT2D eigenvalue weighted by molar-refractivity contribution is 5.95. The van der Waals surface area contributed by atoms with E-state index in [0.29, 0.717) is 11.0 Å². The number of nitrogens with one attached hydrogen (secondary N) is 1. The highest BCUT2D eigenvalue weighted by Crippen LogP contribution is 2.49. The first-order chi connectivity index (χ1) is 11.7. The van der Waals surface area contributed by atoms with Crippen LogP contribution in [0.2, 0.25) is 0 Å². The van der Waals surface area contributed by atoms with E-state index < -0.39 is 0 Å². The van der Waals surface area contributed by atoms with Crippen LogP contribution in [0.25, 0.3) is 10.9 Å². The SMILES string of the molecule is C#Cc1c(N2CCC3(CCC3)CC2)c2cc(CO)ccc2[nH]c1=O. The summed E-state index contributed by atoms with van der Waals surface area (Å²) >= 11 is 0. The number of rotatable bonds is 2. The third-order valence-electron chi connectivity index (χ3n) is 5.93.